The SMILES string of the molecule is C/C(=C\CCCl)C(=O)O. The molecule has 0 aromatic rings. The molecule has 0 aliphatic rings. The van der Waals surface area contributed by atoms with Crippen LogP contribution < -0.4 is 0 Å². The molecule has 0 radical (unpaired) electrons. The number of carboxylic acids is 1. The Morgan fingerprint density at radius 3 is 2.67 bits per heavy atom. The van der Waals surface area contributed by atoms with E-state index >= 15 is 0 Å². The van der Waals surface area contributed by atoms with Crippen molar-refractivity contribution in [3.63, 3.8) is 0 Å². The van der Waals surface area contributed by atoms with Crippen molar-refractivity contribution in [2.24, 2.45) is 0 Å². The van der Waals surface area contributed by atoms with Gasteiger partial charge in [-0.2, -0.15) is 0 Å². The molecule has 52 valence electrons. The van der Waals surface area contributed by atoms with Crippen LogP contribution >= 0.6 is 11.6 Å². The van der Waals surface area contributed by atoms with Gasteiger partial charge in [0, 0.05) is 11.5 Å². The predicted octanol–water partition coefficient (Wildman–Crippen LogP) is 1.65. The van der Waals surface area contributed by atoms with Crippen LogP contribution in [0.5, 0.6) is 0 Å². The smallest absolute Gasteiger partial charge is 0.330 e. The fourth-order valence-electron chi connectivity index (χ4n) is 0.358. The summed E-state index contributed by atoms with van der Waals surface area (Å²) in [5.41, 5.74) is 0.357. The summed E-state index contributed by atoms with van der Waals surface area (Å²) in [6.07, 6.45) is 2.23. The number of hydrogen-bond acceptors (Lipinski definition) is 1. The van der Waals surface area contributed by atoms with Crippen LogP contribution in [0, 0.1) is 0 Å². The first-order valence-corrected chi connectivity index (χ1v) is 3.18. The number of hydrogen-bond donors (Lipinski definition) is 1. The van der Waals surface area contributed by atoms with Crippen molar-refractivity contribution < 1.29 is 9.90 Å². The summed E-state index contributed by atoms with van der Waals surface area (Å²) in [5.74, 6) is -0.398. The van der Waals surface area contributed by atoms with Crippen LogP contribution in [0.1, 0.15) is 13.3 Å². The van der Waals surface area contributed by atoms with Gasteiger partial charge in [-0.05, 0) is 13.3 Å². The van der Waals surface area contributed by atoms with Crippen molar-refractivity contribution in [1.82, 2.24) is 0 Å². The largest absolute Gasteiger partial charge is 0.478 e. The van der Waals surface area contributed by atoms with Gasteiger partial charge in [0.05, 0.1) is 0 Å². The molecule has 0 rings (SSSR count). The Balaban J connectivity index is 3.69. The van der Waals surface area contributed by atoms with Crippen molar-refractivity contribution in [3.8, 4) is 0 Å². The summed E-state index contributed by atoms with van der Waals surface area (Å²) in [4.78, 5) is 10.1. The van der Waals surface area contributed by atoms with Crippen LogP contribution in [0.4, 0.5) is 0 Å². The molecule has 0 aliphatic heterocycles. The predicted molar refractivity (Wildman–Crippen MR) is 36.7 cm³/mol. The van der Waals surface area contributed by atoms with Crippen molar-refractivity contribution >= 4 is 17.6 Å². The third-order valence-electron chi connectivity index (χ3n) is 0.897. The summed E-state index contributed by atoms with van der Waals surface area (Å²) in [7, 11) is 0. The highest BCUT2D eigenvalue weighted by Gasteiger charge is 1.96. The van der Waals surface area contributed by atoms with Crippen LogP contribution in [0.2, 0.25) is 0 Å². The molecule has 0 fully saturated rings. The molecule has 0 spiro atoms. The molecule has 0 aromatic carbocycles. The van der Waals surface area contributed by atoms with Crippen molar-refractivity contribution in [1.29, 1.82) is 0 Å². The highest BCUT2D eigenvalue weighted by atomic mass is 35.5. The number of carbonyl (C=O) groups is 1. The lowest BCUT2D eigenvalue weighted by Gasteiger charge is -1.88. The Labute approximate surface area is 59.1 Å². The summed E-state index contributed by atoms with van der Waals surface area (Å²) in [5, 5.41) is 8.30. The maximum atomic E-state index is 10.1. The third kappa shape index (κ3) is 4.03. The molecule has 3 heteroatoms. The standard InChI is InChI=1S/C6H9ClO2/c1-5(6(8)9)3-2-4-7/h3H,2,4H2,1H3,(H,8,9)/b5-3+. The van der Waals surface area contributed by atoms with Gasteiger partial charge in [0.2, 0.25) is 0 Å². The zero-order valence-corrected chi connectivity index (χ0v) is 5.98. The lowest BCUT2D eigenvalue weighted by atomic mass is 10.2. The van der Waals surface area contributed by atoms with Crippen LogP contribution in [-0.2, 0) is 4.79 Å². The van der Waals surface area contributed by atoms with Crippen molar-refractivity contribution in [2.45, 2.75) is 13.3 Å². The monoisotopic (exact) mass is 148 g/mol. The van der Waals surface area contributed by atoms with Gasteiger partial charge in [0.25, 0.3) is 0 Å². The number of aliphatic carboxylic acids is 1. The van der Waals surface area contributed by atoms with Crippen molar-refractivity contribution in [3.05, 3.63) is 11.6 Å². The highest BCUT2D eigenvalue weighted by Crippen LogP contribution is 1.95. The lowest BCUT2D eigenvalue weighted by molar-refractivity contribution is -0.132. The lowest BCUT2D eigenvalue weighted by Crippen LogP contribution is -1.95. The molecule has 0 aliphatic carbocycles. The van der Waals surface area contributed by atoms with E-state index in [0.29, 0.717) is 17.9 Å². The molecule has 0 saturated heterocycles. The fourth-order valence-corrected chi connectivity index (χ4v) is 0.467. The maximum absolute atomic E-state index is 10.1. The molecule has 0 bridgehead atoms. The molecular formula is C6H9ClO2. The van der Waals surface area contributed by atoms with Gasteiger partial charge < -0.3 is 5.11 Å². The van der Waals surface area contributed by atoms with E-state index in [0.717, 1.165) is 0 Å². The second-order valence-electron chi connectivity index (χ2n) is 1.67. The third-order valence-corrected chi connectivity index (χ3v) is 1.12. The zero-order valence-electron chi connectivity index (χ0n) is 5.22. The van der Waals surface area contributed by atoms with Crippen LogP contribution in [0.25, 0.3) is 0 Å². The minimum atomic E-state index is -0.875. The average Bonchev–Trinajstić information content (AvgIpc) is 1.82. The quantitative estimate of drug-likeness (QED) is 0.488. The van der Waals surface area contributed by atoms with Gasteiger partial charge in [-0.1, -0.05) is 6.08 Å². The second-order valence-corrected chi connectivity index (χ2v) is 2.05. The molecule has 0 heterocycles. The van der Waals surface area contributed by atoms with E-state index in [2.05, 4.69) is 0 Å². The highest BCUT2D eigenvalue weighted by molar-refractivity contribution is 6.17. The maximum Gasteiger partial charge on any atom is 0.330 e. The van der Waals surface area contributed by atoms with Crippen LogP contribution in [0.15, 0.2) is 11.6 Å². The number of alkyl halides is 1. The van der Waals surface area contributed by atoms with Gasteiger partial charge in [-0.25, -0.2) is 4.79 Å². The minimum absolute atomic E-state index is 0.357. The molecular weight excluding hydrogens is 140 g/mol. The Bertz CT molecular complexity index is 129. The molecule has 0 atom stereocenters. The molecule has 9 heavy (non-hydrogen) atoms. The number of halogens is 1. The van der Waals surface area contributed by atoms with E-state index in [-0.39, 0.29) is 0 Å². The Kier molecular flexibility index (Phi) is 4.14. The van der Waals surface area contributed by atoms with Gasteiger partial charge in [-0.3, -0.25) is 0 Å². The molecule has 1 N–H and O–H groups in total. The van der Waals surface area contributed by atoms with E-state index in [1.807, 2.05) is 0 Å². The number of carboxylic acid groups (broad SMARTS) is 1. The fraction of sp³-hybridized carbons (Fsp3) is 0.500. The first-order chi connectivity index (χ1) is 4.18. The number of allylic oxidation sites excluding steroid dienone is 1. The Morgan fingerprint density at radius 1 is 1.78 bits per heavy atom. The number of rotatable bonds is 3. The molecule has 0 amide bonds. The molecule has 0 unspecified atom stereocenters. The van der Waals surface area contributed by atoms with Gasteiger partial charge in [0.1, 0.15) is 0 Å². The molecule has 0 saturated carbocycles. The first kappa shape index (κ1) is 8.50. The van der Waals surface area contributed by atoms with E-state index in [4.69, 9.17) is 16.7 Å². The van der Waals surface area contributed by atoms with Gasteiger partial charge in [-0.15, -0.1) is 11.6 Å². The van der Waals surface area contributed by atoms with E-state index < -0.39 is 5.97 Å². The topological polar surface area (TPSA) is 37.3 Å². The Hall–Kier alpha value is -0.500. The van der Waals surface area contributed by atoms with Gasteiger partial charge >= 0.3 is 5.97 Å². The Morgan fingerprint density at radius 2 is 2.33 bits per heavy atom. The van der Waals surface area contributed by atoms with Crippen molar-refractivity contribution in [2.75, 3.05) is 5.88 Å². The van der Waals surface area contributed by atoms with E-state index in [1.165, 1.54) is 0 Å². The molecule has 2 nitrogen and oxygen atoms in total. The van der Waals surface area contributed by atoms with E-state index in [9.17, 15) is 4.79 Å². The minimum Gasteiger partial charge on any atom is -0.478 e. The molecule has 0 aromatic heterocycles. The summed E-state index contributed by atoms with van der Waals surface area (Å²) >= 11 is 5.31. The summed E-state index contributed by atoms with van der Waals surface area (Å²) in [6.45, 7) is 1.55. The first-order valence-electron chi connectivity index (χ1n) is 2.64. The summed E-state index contributed by atoms with van der Waals surface area (Å²) in [6, 6.07) is 0. The summed E-state index contributed by atoms with van der Waals surface area (Å²) < 4.78 is 0. The second kappa shape index (κ2) is 4.39. The van der Waals surface area contributed by atoms with E-state index in [1.54, 1.807) is 13.0 Å². The van der Waals surface area contributed by atoms with Crippen LogP contribution in [-0.4, -0.2) is 17.0 Å². The van der Waals surface area contributed by atoms with Crippen LogP contribution in [0.3, 0.4) is 0 Å². The van der Waals surface area contributed by atoms with Gasteiger partial charge in [0.15, 0.2) is 0 Å². The normalized spacial score (nSPS) is 11.6. The zero-order chi connectivity index (χ0) is 7.28. The average molecular weight is 149 g/mol.